The minimum atomic E-state index is 0.695. The summed E-state index contributed by atoms with van der Waals surface area (Å²) in [4.78, 5) is 0. The number of fused-ring (bicyclic) bond motifs is 3. The molecule has 0 spiro atoms. The van der Waals surface area contributed by atoms with Crippen LogP contribution in [0.25, 0.3) is 11.1 Å². The van der Waals surface area contributed by atoms with Gasteiger partial charge in [-0.2, -0.15) is 0 Å². The Morgan fingerprint density at radius 2 is 1.70 bits per heavy atom. The molecule has 0 bridgehead atoms. The lowest BCUT2D eigenvalue weighted by Gasteiger charge is -2.26. The molecule has 0 saturated carbocycles. The van der Waals surface area contributed by atoms with E-state index in [0.29, 0.717) is 6.61 Å². The molecule has 2 heteroatoms. The molecule has 1 atom stereocenters. The van der Waals surface area contributed by atoms with Crippen LogP contribution in [0.5, 0.6) is 5.75 Å². The van der Waals surface area contributed by atoms with Crippen LogP contribution in [0, 0.1) is 13.8 Å². The van der Waals surface area contributed by atoms with Crippen molar-refractivity contribution in [3.63, 3.8) is 0 Å². The Morgan fingerprint density at radius 3 is 2.40 bits per heavy atom. The summed E-state index contributed by atoms with van der Waals surface area (Å²) in [6.45, 7) is 7.27. The van der Waals surface area contributed by atoms with Gasteiger partial charge in [0.2, 0.25) is 0 Å². The number of hydrogen-bond donors (Lipinski definition) is 0. The lowest BCUT2D eigenvalue weighted by Crippen LogP contribution is -2.10. The van der Waals surface area contributed by atoms with Crippen molar-refractivity contribution in [2.24, 2.45) is 0 Å². The molecule has 20 heavy (non-hydrogen) atoms. The zero-order valence-corrected chi connectivity index (χ0v) is 13.6. The van der Waals surface area contributed by atoms with Crippen LogP contribution in [0.3, 0.4) is 0 Å². The fraction of sp³-hybridized carbons (Fsp3) is 0.333. The van der Waals surface area contributed by atoms with Gasteiger partial charge in [-0.1, -0.05) is 31.2 Å². The molecule has 1 heterocycles. The largest absolute Gasteiger partial charge is 0.488 e. The second-order valence-corrected chi connectivity index (χ2v) is 5.86. The first-order valence-electron chi connectivity index (χ1n) is 7.24. The Hall–Kier alpha value is -1.33. The van der Waals surface area contributed by atoms with E-state index in [2.05, 4.69) is 54.3 Å². The Labute approximate surface area is 123 Å². The molecule has 1 aliphatic heterocycles. The first-order valence-corrected chi connectivity index (χ1v) is 8.06. The summed E-state index contributed by atoms with van der Waals surface area (Å²) >= 11 is 0. The van der Waals surface area contributed by atoms with Gasteiger partial charge in [-0.05, 0) is 54.2 Å². The third-order valence-corrected chi connectivity index (χ3v) is 4.92. The topological polar surface area (TPSA) is 9.23 Å². The molecule has 1 unspecified atom stereocenters. The van der Waals surface area contributed by atoms with Crippen LogP contribution >= 0.6 is 9.24 Å². The van der Waals surface area contributed by atoms with Crippen LogP contribution in [0.1, 0.15) is 34.7 Å². The van der Waals surface area contributed by atoms with E-state index < -0.39 is 0 Å². The van der Waals surface area contributed by atoms with Crippen molar-refractivity contribution in [1.29, 1.82) is 0 Å². The molecule has 0 N–H and O–H groups in total. The van der Waals surface area contributed by atoms with Crippen molar-refractivity contribution < 1.29 is 4.74 Å². The highest BCUT2D eigenvalue weighted by Gasteiger charge is 2.22. The van der Waals surface area contributed by atoms with Gasteiger partial charge < -0.3 is 4.74 Å². The molecule has 2 aromatic carbocycles. The van der Waals surface area contributed by atoms with Crippen molar-refractivity contribution >= 4 is 9.24 Å². The summed E-state index contributed by atoms with van der Waals surface area (Å²) in [5.41, 5.74) is 9.38. The van der Waals surface area contributed by atoms with E-state index in [1.54, 1.807) is 0 Å². The second kappa shape index (κ2) is 5.22. The summed E-state index contributed by atoms with van der Waals surface area (Å²) in [5.74, 6) is 1.08. The fourth-order valence-corrected chi connectivity index (χ4v) is 3.56. The third kappa shape index (κ3) is 1.96. The van der Waals surface area contributed by atoms with Gasteiger partial charge in [0, 0.05) is 11.1 Å². The maximum absolute atomic E-state index is 6.10. The monoisotopic (exact) mass is 284 g/mol. The Bertz CT molecular complexity index is 614. The summed E-state index contributed by atoms with van der Waals surface area (Å²) in [6.07, 6.45) is 2.06. The van der Waals surface area contributed by atoms with Gasteiger partial charge in [-0.3, -0.25) is 0 Å². The molecule has 0 radical (unpaired) electrons. The predicted molar refractivity (Wildman–Crippen MR) is 88.5 cm³/mol. The van der Waals surface area contributed by atoms with Crippen molar-refractivity contribution in [1.82, 2.24) is 0 Å². The summed E-state index contributed by atoms with van der Waals surface area (Å²) in [5, 5.41) is 0. The van der Waals surface area contributed by atoms with E-state index in [0.717, 1.165) is 18.3 Å². The van der Waals surface area contributed by atoms with E-state index in [9.17, 15) is 0 Å². The lowest BCUT2D eigenvalue weighted by atomic mass is 9.89. The van der Waals surface area contributed by atoms with Crippen molar-refractivity contribution in [3.8, 4) is 16.9 Å². The highest BCUT2D eigenvalue weighted by Crippen LogP contribution is 2.42. The molecular weight excluding hydrogens is 263 g/mol. The second-order valence-electron chi connectivity index (χ2n) is 5.45. The molecule has 0 aromatic heterocycles. The Morgan fingerprint density at radius 1 is 1.00 bits per heavy atom. The van der Waals surface area contributed by atoms with Gasteiger partial charge >= 0.3 is 0 Å². The fourth-order valence-electron chi connectivity index (χ4n) is 3.12. The molecule has 1 nitrogen and oxygen atoms in total. The maximum Gasteiger partial charge on any atom is 0.130 e. The highest BCUT2D eigenvalue weighted by atomic mass is 31.0. The normalized spacial score (nSPS) is 12.6. The molecule has 0 aliphatic carbocycles. The molecule has 1 aliphatic rings. The molecule has 0 saturated heterocycles. The minimum Gasteiger partial charge on any atom is -0.488 e. The smallest absolute Gasteiger partial charge is 0.130 e. The Balaban J connectivity index is 2.22. The number of ether oxygens (including phenoxy) is 1. The van der Waals surface area contributed by atoms with Crippen molar-refractivity contribution in [2.75, 3.05) is 0 Å². The molecule has 0 fully saturated rings. The van der Waals surface area contributed by atoms with Gasteiger partial charge in [0.1, 0.15) is 12.4 Å². The lowest BCUT2D eigenvalue weighted by molar-refractivity contribution is 0.299. The van der Waals surface area contributed by atoms with Crippen molar-refractivity contribution in [3.05, 3.63) is 52.1 Å². The predicted octanol–water partition coefficient (Wildman–Crippen LogP) is 4.80. The van der Waals surface area contributed by atoms with Gasteiger partial charge in [-0.15, -0.1) is 9.24 Å². The van der Waals surface area contributed by atoms with Gasteiger partial charge in [0.25, 0.3) is 0 Å². The molecular formula is C18H21OP. The van der Waals surface area contributed by atoms with Crippen LogP contribution in [0.2, 0.25) is 0 Å². The molecule has 2 aromatic rings. The van der Waals surface area contributed by atoms with E-state index in [4.69, 9.17) is 4.74 Å². The average molecular weight is 284 g/mol. The van der Waals surface area contributed by atoms with Gasteiger partial charge in [0.15, 0.2) is 0 Å². The number of rotatable bonds is 2. The summed E-state index contributed by atoms with van der Waals surface area (Å²) < 4.78 is 6.10. The van der Waals surface area contributed by atoms with E-state index >= 15 is 0 Å². The highest BCUT2D eigenvalue weighted by molar-refractivity contribution is 7.15. The summed E-state index contributed by atoms with van der Waals surface area (Å²) in [7, 11) is 2.81. The van der Waals surface area contributed by atoms with E-state index in [-0.39, 0.29) is 0 Å². The summed E-state index contributed by atoms with van der Waals surface area (Å²) in [6, 6.07) is 8.97. The average Bonchev–Trinajstić information content (AvgIpc) is 2.48. The van der Waals surface area contributed by atoms with Crippen LogP contribution in [-0.2, 0) is 19.2 Å². The number of aryl methyl sites for hydroxylation is 1. The van der Waals surface area contributed by atoms with Crippen LogP contribution < -0.4 is 4.74 Å². The first kappa shape index (κ1) is 13.6. The van der Waals surface area contributed by atoms with E-state index in [1.807, 2.05) is 0 Å². The zero-order chi connectivity index (χ0) is 14.3. The third-order valence-electron chi connectivity index (χ3n) is 4.48. The van der Waals surface area contributed by atoms with Crippen LogP contribution in [0.4, 0.5) is 0 Å². The molecule has 0 amide bonds. The maximum atomic E-state index is 6.10. The van der Waals surface area contributed by atoms with Crippen LogP contribution in [-0.4, -0.2) is 0 Å². The van der Waals surface area contributed by atoms with Gasteiger partial charge in [0.05, 0.1) is 0 Å². The number of benzene rings is 2. The van der Waals surface area contributed by atoms with Gasteiger partial charge in [-0.25, -0.2) is 0 Å². The zero-order valence-electron chi connectivity index (χ0n) is 12.4. The SMILES string of the molecule is CCc1ccc2c(c1C)OCc1c-2ccc(CP)c1C. The van der Waals surface area contributed by atoms with E-state index in [1.165, 1.54) is 38.9 Å². The van der Waals surface area contributed by atoms with Crippen molar-refractivity contribution in [2.45, 2.75) is 40.0 Å². The molecule has 3 rings (SSSR count). The number of hydrogen-bond acceptors (Lipinski definition) is 1. The Kier molecular flexibility index (Phi) is 3.56. The first-order chi connectivity index (χ1) is 9.67. The van der Waals surface area contributed by atoms with Crippen LogP contribution in [0.15, 0.2) is 24.3 Å². The minimum absolute atomic E-state index is 0.695. The molecule has 104 valence electrons. The standard InChI is InChI=1S/C18H21OP/c1-4-13-5-8-16-15-7-6-14(10-20)11(2)17(15)9-19-18(16)12(13)3/h5-8H,4,9-10,20H2,1-3H3. The quantitative estimate of drug-likeness (QED) is 0.720.